The minimum Gasteiger partial charge on any atom is -0.481 e. The molecule has 0 radical (unpaired) electrons. The topological polar surface area (TPSA) is 62.7 Å². The van der Waals surface area contributed by atoms with E-state index in [2.05, 4.69) is 9.29 Å². The van der Waals surface area contributed by atoms with E-state index in [-0.39, 0.29) is 12.2 Å². The minimum atomic E-state index is -0.853. The molecular formula is C22H23FN2O3S. The molecule has 0 atom stereocenters. The zero-order valence-corrected chi connectivity index (χ0v) is 17.5. The average molecular weight is 415 g/mol. The van der Waals surface area contributed by atoms with Crippen LogP contribution in [0.3, 0.4) is 0 Å². The third kappa shape index (κ3) is 3.42. The Hall–Kier alpha value is -2.38. The predicted molar refractivity (Wildman–Crippen MR) is 114 cm³/mol. The molecule has 2 aromatic rings. The molecular weight excluding hydrogens is 391 g/mol. The lowest BCUT2D eigenvalue weighted by atomic mass is 9.81. The summed E-state index contributed by atoms with van der Waals surface area (Å²) in [6.45, 7) is 5.67. The largest absolute Gasteiger partial charge is 0.481 e. The van der Waals surface area contributed by atoms with E-state index in [9.17, 15) is 14.3 Å². The van der Waals surface area contributed by atoms with Crippen molar-refractivity contribution in [3.05, 3.63) is 52.0 Å². The monoisotopic (exact) mass is 414 g/mol. The number of aliphatic carboxylic acids is 1. The molecule has 0 amide bonds. The quantitative estimate of drug-likeness (QED) is 0.742. The molecule has 0 bridgehead atoms. The molecule has 0 spiro atoms. The summed E-state index contributed by atoms with van der Waals surface area (Å²) in [7, 11) is 0. The fourth-order valence-corrected chi connectivity index (χ4v) is 5.10. The Morgan fingerprint density at radius 1 is 1.34 bits per heavy atom. The van der Waals surface area contributed by atoms with Crippen molar-refractivity contribution in [2.45, 2.75) is 33.2 Å². The number of hydrogen-bond donors (Lipinski definition) is 1. The van der Waals surface area contributed by atoms with Gasteiger partial charge < -0.3 is 14.1 Å². The molecule has 0 unspecified atom stereocenters. The number of rotatable bonds is 4. The van der Waals surface area contributed by atoms with Gasteiger partial charge in [0.15, 0.2) is 0 Å². The number of nitrogens with zero attached hydrogens (tertiary/aromatic N) is 2. The van der Waals surface area contributed by atoms with Gasteiger partial charge >= 0.3 is 5.97 Å². The number of carbonyl (C=O) groups is 1. The SMILES string of the molecule is CSN1Cc2cc(F)cnc2-c2c(C)c(C3=CCOCC3)c(CC(=O)O)c(C)c21. The van der Waals surface area contributed by atoms with Crippen molar-refractivity contribution in [3.63, 3.8) is 0 Å². The number of carboxylic acids is 1. The van der Waals surface area contributed by atoms with Crippen LogP contribution in [0.5, 0.6) is 0 Å². The highest BCUT2D eigenvalue weighted by Gasteiger charge is 2.31. The van der Waals surface area contributed by atoms with Crippen LogP contribution >= 0.6 is 11.9 Å². The number of carboxylic acid groups (broad SMARTS) is 1. The highest BCUT2D eigenvalue weighted by molar-refractivity contribution is 7.99. The summed E-state index contributed by atoms with van der Waals surface area (Å²) >= 11 is 1.55. The maximum Gasteiger partial charge on any atom is 0.307 e. The first-order valence-electron chi connectivity index (χ1n) is 9.53. The van der Waals surface area contributed by atoms with Gasteiger partial charge in [0.05, 0.1) is 43.8 Å². The third-order valence-corrected chi connectivity index (χ3v) is 6.42. The van der Waals surface area contributed by atoms with Gasteiger partial charge in [0, 0.05) is 17.4 Å². The van der Waals surface area contributed by atoms with Crippen molar-refractivity contribution in [1.29, 1.82) is 0 Å². The Morgan fingerprint density at radius 3 is 2.79 bits per heavy atom. The van der Waals surface area contributed by atoms with Crippen LogP contribution in [0.1, 0.15) is 34.2 Å². The van der Waals surface area contributed by atoms with E-state index in [0.29, 0.717) is 19.8 Å². The van der Waals surface area contributed by atoms with Crippen LogP contribution in [0.15, 0.2) is 18.3 Å². The number of benzene rings is 1. The summed E-state index contributed by atoms with van der Waals surface area (Å²) in [5, 5.41) is 9.60. The maximum atomic E-state index is 13.9. The van der Waals surface area contributed by atoms with Gasteiger partial charge in [-0.05, 0) is 54.2 Å². The molecule has 0 aliphatic carbocycles. The van der Waals surface area contributed by atoms with Crippen molar-refractivity contribution in [3.8, 4) is 11.3 Å². The summed E-state index contributed by atoms with van der Waals surface area (Å²) in [4.78, 5) is 16.1. The lowest BCUT2D eigenvalue weighted by Crippen LogP contribution is -2.24. The van der Waals surface area contributed by atoms with Gasteiger partial charge in [0.25, 0.3) is 0 Å². The predicted octanol–water partition coefficient (Wildman–Crippen LogP) is 4.53. The van der Waals surface area contributed by atoms with Crippen LogP contribution in [0, 0.1) is 19.7 Å². The van der Waals surface area contributed by atoms with Gasteiger partial charge in [-0.15, -0.1) is 0 Å². The molecule has 152 valence electrons. The van der Waals surface area contributed by atoms with Gasteiger partial charge in [0.2, 0.25) is 0 Å². The van der Waals surface area contributed by atoms with Crippen LogP contribution in [0.2, 0.25) is 0 Å². The molecule has 2 aliphatic rings. The summed E-state index contributed by atoms with van der Waals surface area (Å²) in [5.74, 6) is -1.20. The Morgan fingerprint density at radius 2 is 2.14 bits per heavy atom. The first-order chi connectivity index (χ1) is 13.9. The highest BCUT2D eigenvalue weighted by Crippen LogP contribution is 2.49. The zero-order valence-electron chi connectivity index (χ0n) is 16.7. The van der Waals surface area contributed by atoms with E-state index in [1.165, 1.54) is 6.20 Å². The summed E-state index contributed by atoms with van der Waals surface area (Å²) in [6.07, 6.45) is 5.96. The van der Waals surface area contributed by atoms with E-state index in [1.54, 1.807) is 18.0 Å². The van der Waals surface area contributed by atoms with Crippen molar-refractivity contribution in [2.24, 2.45) is 0 Å². The minimum absolute atomic E-state index is 0.0423. The Balaban J connectivity index is 2.07. The fourth-order valence-electron chi connectivity index (χ4n) is 4.43. The molecule has 7 heteroatoms. The molecule has 1 N–H and O–H groups in total. The highest BCUT2D eigenvalue weighted by atomic mass is 32.2. The van der Waals surface area contributed by atoms with Crippen LogP contribution in [-0.4, -0.2) is 35.5 Å². The van der Waals surface area contributed by atoms with Crippen LogP contribution in [-0.2, 0) is 22.5 Å². The maximum absolute atomic E-state index is 13.9. The Kier molecular flexibility index (Phi) is 5.36. The van der Waals surface area contributed by atoms with E-state index in [4.69, 9.17) is 4.74 Å². The number of ether oxygens (including phenoxy) is 1. The number of anilines is 1. The normalized spacial score (nSPS) is 15.6. The van der Waals surface area contributed by atoms with Gasteiger partial charge in [-0.3, -0.25) is 9.78 Å². The number of hydrogen-bond acceptors (Lipinski definition) is 5. The van der Waals surface area contributed by atoms with Crippen molar-refractivity contribution >= 4 is 29.2 Å². The second-order valence-corrected chi connectivity index (χ2v) is 8.14. The van der Waals surface area contributed by atoms with E-state index < -0.39 is 5.97 Å². The molecule has 5 nitrogen and oxygen atoms in total. The smallest absolute Gasteiger partial charge is 0.307 e. The van der Waals surface area contributed by atoms with Gasteiger partial charge in [-0.2, -0.15) is 0 Å². The second-order valence-electron chi connectivity index (χ2n) is 7.33. The summed E-state index contributed by atoms with van der Waals surface area (Å²) in [6, 6.07) is 1.54. The van der Waals surface area contributed by atoms with Gasteiger partial charge in [-0.25, -0.2) is 4.39 Å². The first-order valence-corrected chi connectivity index (χ1v) is 10.7. The van der Waals surface area contributed by atoms with Gasteiger partial charge in [0.1, 0.15) is 5.82 Å². The molecule has 2 aliphatic heterocycles. The standard InChI is InChI=1S/C22H23FN2O3S/c1-12-17(9-18(26)27)19(14-4-6-28-7-5-14)13(2)20-21-15(8-16(23)10-24-21)11-25(29-3)22(12)20/h4,8,10H,5-7,9,11H2,1-3H3,(H,26,27). The number of aromatic nitrogens is 1. The summed E-state index contributed by atoms with van der Waals surface area (Å²) < 4.78 is 21.5. The van der Waals surface area contributed by atoms with Gasteiger partial charge in [-0.1, -0.05) is 18.0 Å². The molecule has 29 heavy (non-hydrogen) atoms. The lowest BCUT2D eigenvalue weighted by molar-refractivity contribution is -0.136. The lowest BCUT2D eigenvalue weighted by Gasteiger charge is -2.35. The zero-order chi connectivity index (χ0) is 20.7. The van der Waals surface area contributed by atoms with Crippen molar-refractivity contribution in [1.82, 2.24) is 4.98 Å². The molecule has 0 saturated carbocycles. The first kappa shape index (κ1) is 19.9. The summed E-state index contributed by atoms with van der Waals surface area (Å²) in [5.41, 5.74) is 8.44. The van der Waals surface area contributed by atoms with E-state index in [1.807, 2.05) is 26.2 Å². The number of fused-ring (bicyclic) bond motifs is 3. The average Bonchev–Trinajstić information content (AvgIpc) is 2.70. The molecule has 0 fully saturated rings. The molecule has 0 saturated heterocycles. The van der Waals surface area contributed by atoms with Crippen LogP contribution < -0.4 is 4.31 Å². The van der Waals surface area contributed by atoms with E-state index in [0.717, 1.165) is 56.8 Å². The second kappa shape index (κ2) is 7.80. The Bertz CT molecular complexity index is 1040. The number of pyridine rings is 1. The molecule has 4 rings (SSSR count). The van der Waals surface area contributed by atoms with Crippen molar-refractivity contribution < 1.29 is 19.0 Å². The van der Waals surface area contributed by atoms with Crippen LogP contribution in [0.25, 0.3) is 16.8 Å². The fraction of sp³-hybridized carbons (Fsp3) is 0.364. The van der Waals surface area contributed by atoms with Crippen molar-refractivity contribution in [2.75, 3.05) is 23.8 Å². The Labute approximate surface area is 173 Å². The molecule has 1 aromatic heterocycles. The number of halogens is 1. The molecule has 1 aromatic carbocycles. The van der Waals surface area contributed by atoms with E-state index >= 15 is 0 Å². The van der Waals surface area contributed by atoms with Crippen LogP contribution in [0.4, 0.5) is 10.1 Å². The third-order valence-electron chi connectivity index (χ3n) is 5.66. The molecule has 3 heterocycles.